The number of allylic oxidation sites excluding steroid dienone is 22. The zero-order valence-electron chi connectivity index (χ0n) is 59.5. The summed E-state index contributed by atoms with van der Waals surface area (Å²) in [5.41, 5.74) is 0. The van der Waals surface area contributed by atoms with Crippen molar-refractivity contribution in [2.45, 2.75) is 290 Å². The average Bonchev–Trinajstić information content (AvgIpc) is 2.18. The Morgan fingerprint density at radius 2 is 0.562 bits per heavy atom. The van der Waals surface area contributed by atoms with Crippen LogP contribution in [0.15, 0.2) is 134 Å². The van der Waals surface area contributed by atoms with Crippen LogP contribution in [0.1, 0.15) is 272 Å². The van der Waals surface area contributed by atoms with E-state index in [0.29, 0.717) is 38.5 Å². The maximum absolute atomic E-state index is 13.0. The van der Waals surface area contributed by atoms with E-state index >= 15 is 0 Å². The summed E-state index contributed by atoms with van der Waals surface area (Å²) in [6, 6.07) is 0. The Bertz CT molecular complexity index is 2350. The third-order valence-electron chi connectivity index (χ3n) is 14.6. The van der Waals surface area contributed by atoms with E-state index in [0.717, 1.165) is 141 Å². The third kappa shape index (κ3) is 67.8. The Labute approximate surface area is 580 Å². The molecule has 19 heteroatoms. The number of phosphoric acid groups is 2. The van der Waals surface area contributed by atoms with Gasteiger partial charge in [0.1, 0.15) is 19.3 Å². The van der Waals surface area contributed by atoms with Crippen molar-refractivity contribution in [3.05, 3.63) is 134 Å². The standard InChI is InChI=1S/C77H128O17P2/c1-5-9-13-17-21-25-29-32-34-35-37-39-43-46-50-54-58-62-75(80)88-68-73(94-77(82)64-60-56-52-48-44-40-36-33-30-26-22-18-14-10-6-2)70-92-96(85,86)90-66-71(78)65-89-95(83,84)91-69-72(93-76(81)63-59-55-51-47-41-28-24-20-16-12-8-4)67-87-74(79)61-57-53-49-45-42-38-31-27-23-19-15-11-7-3/h9-10,13-14,20-22,24-27,31-34,36-37,39,44,46,48,50,71-73,78H,5-8,11-12,15-19,23,28-30,35,38,40-43,45,47,49,51-70H2,1-4H3,(H,83,84)(H,85,86)/b13-9-,14-10-,24-20-,25-21-,26-22-,31-27-,34-32-,36-33-,39-37-,48-44-,50-46-. The molecule has 96 heavy (non-hydrogen) atoms. The molecule has 0 spiro atoms. The fraction of sp³-hybridized carbons (Fsp3) is 0.662. The number of carbonyl (C=O) groups excluding carboxylic acids is 4. The molecule has 0 bridgehead atoms. The molecule has 0 aromatic heterocycles. The smallest absolute Gasteiger partial charge is 0.462 e. The second-order valence-corrected chi connectivity index (χ2v) is 26.7. The van der Waals surface area contributed by atoms with Crippen molar-refractivity contribution in [2.75, 3.05) is 39.6 Å². The minimum atomic E-state index is -5.00. The lowest BCUT2D eigenvalue weighted by atomic mass is 10.1. The number of carbonyl (C=O) groups is 4. The molecular formula is C77H128O17P2. The van der Waals surface area contributed by atoms with E-state index < -0.39 is 97.5 Å². The molecule has 0 aliphatic heterocycles. The van der Waals surface area contributed by atoms with Gasteiger partial charge in [-0.05, 0) is 148 Å². The van der Waals surface area contributed by atoms with Crippen LogP contribution in [-0.4, -0.2) is 96.7 Å². The third-order valence-corrected chi connectivity index (χ3v) is 16.5. The topological polar surface area (TPSA) is 237 Å². The van der Waals surface area contributed by atoms with Gasteiger partial charge >= 0.3 is 39.5 Å². The van der Waals surface area contributed by atoms with Gasteiger partial charge in [-0.1, -0.05) is 232 Å². The lowest BCUT2D eigenvalue weighted by Crippen LogP contribution is -2.30. The fourth-order valence-corrected chi connectivity index (χ4v) is 10.6. The van der Waals surface area contributed by atoms with E-state index in [1.54, 1.807) is 0 Å². The second kappa shape index (κ2) is 68.7. The molecule has 5 atom stereocenters. The first-order valence-electron chi connectivity index (χ1n) is 36.4. The molecule has 0 aromatic carbocycles. The Balaban J connectivity index is 5.43. The molecule has 0 rings (SSSR count). The van der Waals surface area contributed by atoms with Crippen molar-refractivity contribution in [1.82, 2.24) is 0 Å². The first kappa shape index (κ1) is 91.2. The molecule has 3 N–H and O–H groups in total. The molecular weight excluding hydrogens is 1260 g/mol. The van der Waals surface area contributed by atoms with Crippen LogP contribution in [0, 0.1) is 0 Å². The van der Waals surface area contributed by atoms with E-state index in [2.05, 4.69) is 149 Å². The number of esters is 4. The van der Waals surface area contributed by atoms with Crippen molar-refractivity contribution in [3.63, 3.8) is 0 Å². The zero-order valence-corrected chi connectivity index (χ0v) is 61.3. The summed E-state index contributed by atoms with van der Waals surface area (Å²) in [5.74, 6) is -2.32. The predicted octanol–water partition coefficient (Wildman–Crippen LogP) is 20.5. The van der Waals surface area contributed by atoms with Gasteiger partial charge < -0.3 is 33.8 Å². The summed E-state index contributed by atoms with van der Waals surface area (Å²) >= 11 is 0. The second-order valence-electron chi connectivity index (χ2n) is 23.8. The molecule has 0 aliphatic carbocycles. The highest BCUT2D eigenvalue weighted by Crippen LogP contribution is 2.45. The first-order chi connectivity index (χ1) is 46.7. The van der Waals surface area contributed by atoms with Crippen molar-refractivity contribution >= 4 is 39.5 Å². The lowest BCUT2D eigenvalue weighted by Gasteiger charge is -2.21. The van der Waals surface area contributed by atoms with Crippen molar-refractivity contribution in [1.29, 1.82) is 0 Å². The van der Waals surface area contributed by atoms with Gasteiger partial charge in [-0.3, -0.25) is 37.3 Å². The highest BCUT2D eigenvalue weighted by molar-refractivity contribution is 7.47. The summed E-state index contributed by atoms with van der Waals surface area (Å²) in [6.07, 6.45) is 74.7. The van der Waals surface area contributed by atoms with E-state index in [9.17, 15) is 43.2 Å². The van der Waals surface area contributed by atoms with Crippen LogP contribution in [0.2, 0.25) is 0 Å². The van der Waals surface area contributed by atoms with E-state index in [4.69, 9.17) is 37.0 Å². The van der Waals surface area contributed by atoms with Gasteiger partial charge in [0, 0.05) is 25.7 Å². The van der Waals surface area contributed by atoms with Gasteiger partial charge in [-0.25, -0.2) is 9.13 Å². The van der Waals surface area contributed by atoms with E-state index in [1.807, 2.05) is 12.2 Å². The van der Waals surface area contributed by atoms with Crippen molar-refractivity contribution in [2.24, 2.45) is 0 Å². The maximum Gasteiger partial charge on any atom is 0.472 e. The van der Waals surface area contributed by atoms with Crippen molar-refractivity contribution in [3.8, 4) is 0 Å². The van der Waals surface area contributed by atoms with Crippen LogP contribution in [-0.2, 0) is 65.4 Å². The van der Waals surface area contributed by atoms with Gasteiger partial charge in [-0.2, -0.15) is 0 Å². The SMILES string of the molecule is CC/C=C\C/C=C\C/C=C\C/C=C\C/C=C\CCCC(=O)OCC(COP(=O)(O)OCC(O)COP(=O)(O)OCC(COC(=O)CCCCCCC/C=C\CCCCCC)OC(=O)CCCCCCC/C=C\CCCC)OC(=O)CCCC/C=C\C/C=C\C/C=C\C/C=C\CC. The Morgan fingerprint density at radius 3 is 0.938 bits per heavy atom. The van der Waals surface area contributed by atoms with E-state index in [1.165, 1.54) is 38.5 Å². The Hall–Kier alpha value is -4.80. The van der Waals surface area contributed by atoms with Crippen LogP contribution in [0.4, 0.5) is 0 Å². The van der Waals surface area contributed by atoms with Gasteiger partial charge in [-0.15, -0.1) is 0 Å². The highest BCUT2D eigenvalue weighted by atomic mass is 31.2. The maximum atomic E-state index is 13.0. The number of unbranched alkanes of at least 4 members (excludes halogenated alkanes) is 19. The summed E-state index contributed by atoms with van der Waals surface area (Å²) < 4.78 is 68.2. The molecule has 0 radical (unpaired) electrons. The number of hydrogen-bond donors (Lipinski definition) is 3. The highest BCUT2D eigenvalue weighted by Gasteiger charge is 2.30. The summed E-state index contributed by atoms with van der Waals surface area (Å²) in [4.78, 5) is 72.6. The summed E-state index contributed by atoms with van der Waals surface area (Å²) in [7, 11) is -9.98. The first-order valence-corrected chi connectivity index (χ1v) is 39.4. The predicted molar refractivity (Wildman–Crippen MR) is 390 cm³/mol. The van der Waals surface area contributed by atoms with Crippen LogP contribution in [0.5, 0.6) is 0 Å². The lowest BCUT2D eigenvalue weighted by molar-refractivity contribution is -0.161. The molecule has 5 unspecified atom stereocenters. The van der Waals surface area contributed by atoms with Gasteiger partial charge in [0.25, 0.3) is 0 Å². The molecule has 0 fully saturated rings. The minimum Gasteiger partial charge on any atom is -0.462 e. The minimum absolute atomic E-state index is 0.0264. The van der Waals surface area contributed by atoms with Crippen LogP contribution < -0.4 is 0 Å². The molecule has 0 saturated heterocycles. The van der Waals surface area contributed by atoms with Crippen molar-refractivity contribution < 1.29 is 80.2 Å². The van der Waals surface area contributed by atoms with Gasteiger partial charge in [0.15, 0.2) is 12.2 Å². The normalized spacial score (nSPS) is 14.8. The molecule has 0 amide bonds. The summed E-state index contributed by atoms with van der Waals surface area (Å²) in [6.45, 7) is 4.43. The Kier molecular flexibility index (Phi) is 65.3. The largest absolute Gasteiger partial charge is 0.472 e. The quantitative estimate of drug-likeness (QED) is 0.0169. The number of aliphatic hydroxyl groups is 1. The molecule has 0 aromatic rings. The van der Waals surface area contributed by atoms with Gasteiger partial charge in [0.2, 0.25) is 0 Å². The monoisotopic (exact) mass is 1390 g/mol. The molecule has 17 nitrogen and oxygen atoms in total. The number of aliphatic hydroxyl groups excluding tert-OH is 1. The number of rotatable bonds is 67. The molecule has 0 heterocycles. The van der Waals surface area contributed by atoms with Crippen LogP contribution in [0.3, 0.4) is 0 Å². The average molecular weight is 1390 g/mol. The number of ether oxygens (including phenoxy) is 4. The zero-order chi connectivity index (χ0) is 70.4. The molecule has 0 aliphatic rings. The number of phosphoric ester groups is 2. The molecule has 548 valence electrons. The molecule has 0 saturated carbocycles. The Morgan fingerprint density at radius 1 is 0.302 bits per heavy atom. The van der Waals surface area contributed by atoms with Crippen LogP contribution in [0.25, 0.3) is 0 Å². The fourth-order valence-electron chi connectivity index (χ4n) is 9.04. The van der Waals surface area contributed by atoms with Gasteiger partial charge in [0.05, 0.1) is 26.4 Å². The summed E-state index contributed by atoms with van der Waals surface area (Å²) in [5, 5.41) is 10.6. The van der Waals surface area contributed by atoms with E-state index in [-0.39, 0.29) is 25.7 Å². The van der Waals surface area contributed by atoms with Crippen LogP contribution >= 0.6 is 15.6 Å². The number of hydrogen-bond acceptors (Lipinski definition) is 15.